The highest BCUT2D eigenvalue weighted by Gasteiger charge is 2.43. The maximum atomic E-state index is 11.6. The van der Waals surface area contributed by atoms with Crippen molar-refractivity contribution in [1.82, 2.24) is 8.61 Å². The average molecular weight is 260 g/mol. The summed E-state index contributed by atoms with van der Waals surface area (Å²) >= 11 is 0.999. The first-order valence-corrected chi connectivity index (χ1v) is 5.85. The van der Waals surface area contributed by atoms with Crippen molar-refractivity contribution >= 4 is 24.3 Å². The monoisotopic (exact) mass is 260 g/mol. The summed E-state index contributed by atoms with van der Waals surface area (Å²) < 4.78 is 12.1. The lowest BCUT2D eigenvalue weighted by Gasteiger charge is -2.18. The second-order valence-corrected chi connectivity index (χ2v) is 4.38. The third-order valence-corrected chi connectivity index (χ3v) is 3.64. The van der Waals surface area contributed by atoms with Crippen LogP contribution in [0.3, 0.4) is 0 Å². The molecule has 0 bridgehead atoms. The van der Waals surface area contributed by atoms with Crippen LogP contribution in [0.2, 0.25) is 0 Å². The van der Waals surface area contributed by atoms with Gasteiger partial charge in [-0.1, -0.05) is 12.2 Å². The van der Waals surface area contributed by atoms with Gasteiger partial charge in [0.1, 0.15) is 0 Å². The molecule has 1 heterocycles. The standard InChI is InChI=1S/C10H16N2O4S/c1-5-6-8-7(2)11(9(13)15-3)17-12(8)10(14)16-4/h5-8H,1-4H3/b6-5+/t7-,8-/m0/s1. The van der Waals surface area contributed by atoms with Crippen molar-refractivity contribution in [2.24, 2.45) is 0 Å². The van der Waals surface area contributed by atoms with Gasteiger partial charge in [0.25, 0.3) is 0 Å². The van der Waals surface area contributed by atoms with E-state index < -0.39 is 12.2 Å². The molecule has 17 heavy (non-hydrogen) atoms. The number of hydrogen-bond acceptors (Lipinski definition) is 5. The zero-order chi connectivity index (χ0) is 13.0. The Hall–Kier alpha value is -1.37. The number of rotatable bonds is 1. The van der Waals surface area contributed by atoms with Crippen molar-refractivity contribution in [3.8, 4) is 0 Å². The molecule has 0 radical (unpaired) electrons. The number of amides is 2. The van der Waals surface area contributed by atoms with Crippen LogP contribution in [-0.2, 0) is 9.47 Å². The maximum Gasteiger partial charge on any atom is 0.421 e. The van der Waals surface area contributed by atoms with E-state index in [1.54, 1.807) is 0 Å². The molecule has 0 aromatic rings. The first-order chi connectivity index (χ1) is 8.06. The number of nitrogens with zero attached hydrogens (tertiary/aromatic N) is 2. The number of allylic oxidation sites excluding steroid dienone is 1. The Morgan fingerprint density at radius 1 is 1.18 bits per heavy atom. The van der Waals surface area contributed by atoms with Crippen LogP contribution in [0.1, 0.15) is 13.8 Å². The van der Waals surface area contributed by atoms with E-state index in [0.29, 0.717) is 0 Å². The van der Waals surface area contributed by atoms with E-state index in [0.717, 1.165) is 12.1 Å². The van der Waals surface area contributed by atoms with Crippen LogP contribution in [0.15, 0.2) is 12.2 Å². The largest absolute Gasteiger partial charge is 0.452 e. The zero-order valence-electron chi connectivity index (χ0n) is 10.2. The average Bonchev–Trinajstić information content (AvgIpc) is 2.66. The molecule has 1 fully saturated rings. The summed E-state index contributed by atoms with van der Waals surface area (Å²) in [6.45, 7) is 3.70. The number of carbonyl (C=O) groups excluding carboxylic acids is 2. The fourth-order valence-corrected chi connectivity index (χ4v) is 2.63. The second-order valence-electron chi connectivity index (χ2n) is 3.43. The molecule has 2 amide bonds. The van der Waals surface area contributed by atoms with E-state index in [1.165, 1.54) is 22.8 Å². The van der Waals surface area contributed by atoms with Crippen molar-refractivity contribution in [1.29, 1.82) is 0 Å². The highest BCUT2D eigenvalue weighted by atomic mass is 32.2. The highest BCUT2D eigenvalue weighted by molar-refractivity contribution is 7.96. The fourth-order valence-electron chi connectivity index (χ4n) is 1.53. The van der Waals surface area contributed by atoms with Crippen LogP contribution in [0.4, 0.5) is 9.59 Å². The Morgan fingerprint density at radius 2 is 1.71 bits per heavy atom. The molecule has 0 aromatic carbocycles. The first kappa shape index (κ1) is 13.7. The van der Waals surface area contributed by atoms with Crippen LogP contribution < -0.4 is 0 Å². The summed E-state index contributed by atoms with van der Waals surface area (Å²) in [6, 6.07) is -0.403. The van der Waals surface area contributed by atoms with Crippen molar-refractivity contribution in [3.05, 3.63) is 12.2 Å². The molecule has 0 N–H and O–H groups in total. The normalized spacial score (nSPS) is 24.2. The highest BCUT2D eigenvalue weighted by Crippen LogP contribution is 2.35. The summed E-state index contributed by atoms with van der Waals surface area (Å²) in [4.78, 5) is 23.1. The lowest BCUT2D eigenvalue weighted by molar-refractivity contribution is 0.136. The lowest BCUT2D eigenvalue weighted by atomic mass is 10.1. The van der Waals surface area contributed by atoms with Crippen LogP contribution in [0.25, 0.3) is 0 Å². The van der Waals surface area contributed by atoms with E-state index >= 15 is 0 Å². The molecular formula is C10H16N2O4S. The van der Waals surface area contributed by atoms with Crippen LogP contribution in [0, 0.1) is 0 Å². The van der Waals surface area contributed by atoms with Crippen LogP contribution >= 0.6 is 12.1 Å². The number of methoxy groups -OCH3 is 2. The van der Waals surface area contributed by atoms with Gasteiger partial charge < -0.3 is 9.47 Å². The molecule has 6 nitrogen and oxygen atoms in total. The molecule has 0 spiro atoms. The molecule has 1 saturated heterocycles. The van der Waals surface area contributed by atoms with Crippen molar-refractivity contribution in [2.75, 3.05) is 14.2 Å². The van der Waals surface area contributed by atoms with Crippen molar-refractivity contribution in [3.63, 3.8) is 0 Å². The zero-order valence-corrected chi connectivity index (χ0v) is 11.1. The molecule has 2 atom stereocenters. The Morgan fingerprint density at radius 3 is 2.18 bits per heavy atom. The van der Waals surface area contributed by atoms with Gasteiger partial charge in [0, 0.05) is 0 Å². The topological polar surface area (TPSA) is 59.1 Å². The molecule has 0 saturated carbocycles. The minimum atomic E-state index is -0.489. The molecule has 1 aliphatic rings. The molecule has 0 aromatic heterocycles. The van der Waals surface area contributed by atoms with Gasteiger partial charge in [0.15, 0.2) is 0 Å². The minimum Gasteiger partial charge on any atom is -0.452 e. The minimum absolute atomic E-state index is 0.178. The lowest BCUT2D eigenvalue weighted by Crippen LogP contribution is -2.37. The molecule has 1 aliphatic heterocycles. The third kappa shape index (κ3) is 2.66. The van der Waals surface area contributed by atoms with Gasteiger partial charge in [0.05, 0.1) is 38.4 Å². The predicted molar refractivity (Wildman–Crippen MR) is 64.1 cm³/mol. The summed E-state index contributed by atoms with van der Waals surface area (Å²) in [5, 5.41) is 0. The van der Waals surface area contributed by atoms with Gasteiger partial charge in [-0.15, -0.1) is 0 Å². The van der Waals surface area contributed by atoms with Gasteiger partial charge in [-0.25, -0.2) is 18.2 Å². The SMILES string of the molecule is C/C=C/[C@H]1[C@H](C)N(C(=O)OC)SN1C(=O)OC. The van der Waals surface area contributed by atoms with E-state index in [2.05, 4.69) is 9.47 Å². The second kappa shape index (κ2) is 5.81. The van der Waals surface area contributed by atoms with E-state index in [9.17, 15) is 9.59 Å². The van der Waals surface area contributed by atoms with E-state index in [4.69, 9.17) is 0 Å². The Kier molecular flexibility index (Phi) is 4.68. The van der Waals surface area contributed by atoms with Gasteiger partial charge >= 0.3 is 12.2 Å². The quantitative estimate of drug-likeness (QED) is 0.533. The van der Waals surface area contributed by atoms with Gasteiger partial charge in [-0.05, 0) is 13.8 Å². The van der Waals surface area contributed by atoms with E-state index in [1.807, 2.05) is 26.0 Å². The fraction of sp³-hybridized carbons (Fsp3) is 0.600. The molecule has 0 unspecified atom stereocenters. The van der Waals surface area contributed by atoms with Crippen molar-refractivity contribution < 1.29 is 19.1 Å². The molecular weight excluding hydrogens is 244 g/mol. The first-order valence-electron chi connectivity index (χ1n) is 5.12. The number of ether oxygens (including phenoxy) is 2. The summed E-state index contributed by atoms with van der Waals surface area (Å²) in [7, 11) is 2.61. The summed E-state index contributed by atoms with van der Waals surface area (Å²) in [5.41, 5.74) is 0. The van der Waals surface area contributed by atoms with Gasteiger partial charge in [0.2, 0.25) is 0 Å². The van der Waals surface area contributed by atoms with Gasteiger partial charge in [-0.3, -0.25) is 0 Å². The number of carbonyl (C=O) groups is 2. The summed E-state index contributed by atoms with van der Waals surface area (Å²) in [6.07, 6.45) is 2.70. The van der Waals surface area contributed by atoms with Crippen LogP contribution in [-0.4, -0.2) is 47.1 Å². The Balaban J connectivity index is 2.92. The molecule has 96 valence electrons. The predicted octanol–water partition coefficient (Wildman–Crippen LogP) is 2.03. The Bertz CT molecular complexity index is 334. The smallest absolute Gasteiger partial charge is 0.421 e. The van der Waals surface area contributed by atoms with Crippen molar-refractivity contribution in [2.45, 2.75) is 25.9 Å². The molecule has 1 rings (SSSR count). The van der Waals surface area contributed by atoms with E-state index in [-0.39, 0.29) is 12.1 Å². The Labute approximate surface area is 105 Å². The molecule has 0 aliphatic carbocycles. The summed E-state index contributed by atoms with van der Waals surface area (Å²) in [5.74, 6) is 0. The number of hydrogen-bond donors (Lipinski definition) is 0. The maximum absolute atomic E-state index is 11.6. The van der Waals surface area contributed by atoms with Crippen LogP contribution in [0.5, 0.6) is 0 Å². The molecule has 7 heteroatoms. The third-order valence-electron chi connectivity index (χ3n) is 2.41. The van der Waals surface area contributed by atoms with Gasteiger partial charge in [-0.2, -0.15) is 0 Å².